The summed E-state index contributed by atoms with van der Waals surface area (Å²) in [5.41, 5.74) is 6.49. The third kappa shape index (κ3) is 1.84. The molecule has 2 aromatic heterocycles. The number of fused-ring (bicyclic) bond motifs is 1. The Morgan fingerprint density at radius 1 is 1.55 bits per heavy atom. The van der Waals surface area contributed by atoms with Crippen molar-refractivity contribution in [2.24, 2.45) is 11.1 Å². The molecule has 1 amide bonds. The Morgan fingerprint density at radius 3 is 3.00 bits per heavy atom. The average molecular weight is 274 g/mol. The monoisotopic (exact) mass is 274 g/mol. The Labute approximate surface area is 116 Å². The van der Waals surface area contributed by atoms with E-state index in [-0.39, 0.29) is 12.5 Å². The van der Waals surface area contributed by atoms with Crippen LogP contribution in [0.4, 0.5) is 5.82 Å². The van der Waals surface area contributed by atoms with Gasteiger partial charge in [0.05, 0.1) is 17.7 Å². The topological polar surface area (TPSA) is 83.9 Å². The van der Waals surface area contributed by atoms with Gasteiger partial charge in [0.1, 0.15) is 5.65 Å². The molecule has 0 radical (unpaired) electrons. The number of carbonyl (C=O) groups is 1. The summed E-state index contributed by atoms with van der Waals surface area (Å²) in [5, 5.41) is 9.63. The molecule has 1 aliphatic heterocycles. The summed E-state index contributed by atoms with van der Waals surface area (Å²) in [7, 11) is 0. The lowest BCUT2D eigenvalue weighted by atomic mass is 9.89. The van der Waals surface area contributed by atoms with Crippen LogP contribution in [-0.2, 0) is 11.4 Å². The molecule has 1 aliphatic rings. The van der Waals surface area contributed by atoms with E-state index in [2.05, 4.69) is 4.98 Å². The van der Waals surface area contributed by atoms with E-state index >= 15 is 0 Å². The maximum absolute atomic E-state index is 11.5. The number of nitrogens with two attached hydrogens (primary N) is 1. The first-order valence-corrected chi connectivity index (χ1v) is 6.67. The van der Waals surface area contributed by atoms with E-state index in [1.807, 2.05) is 40.6 Å². The number of amides is 1. The van der Waals surface area contributed by atoms with Gasteiger partial charge < -0.3 is 15.7 Å². The van der Waals surface area contributed by atoms with Gasteiger partial charge in [0.15, 0.2) is 5.82 Å². The van der Waals surface area contributed by atoms with E-state index < -0.39 is 5.41 Å². The summed E-state index contributed by atoms with van der Waals surface area (Å²) in [6, 6.07) is 5.70. The van der Waals surface area contributed by atoms with Gasteiger partial charge in [-0.3, -0.25) is 9.20 Å². The molecule has 3 N–H and O–H groups in total. The van der Waals surface area contributed by atoms with Crippen LogP contribution >= 0.6 is 0 Å². The molecule has 0 aliphatic carbocycles. The Bertz CT molecular complexity index is 666. The van der Waals surface area contributed by atoms with Gasteiger partial charge in [0, 0.05) is 19.3 Å². The van der Waals surface area contributed by atoms with E-state index in [1.165, 1.54) is 0 Å². The third-order valence-electron chi connectivity index (χ3n) is 4.13. The molecule has 20 heavy (non-hydrogen) atoms. The Morgan fingerprint density at radius 2 is 2.35 bits per heavy atom. The predicted octanol–water partition coefficient (Wildman–Crippen LogP) is 0.528. The van der Waals surface area contributed by atoms with Crippen LogP contribution in [0, 0.1) is 5.41 Å². The maximum Gasteiger partial charge on any atom is 0.225 e. The fraction of sp³-hybridized carbons (Fsp3) is 0.429. The van der Waals surface area contributed by atoms with Crippen molar-refractivity contribution in [1.29, 1.82) is 0 Å². The molecule has 1 saturated heterocycles. The maximum atomic E-state index is 11.5. The van der Waals surface area contributed by atoms with Gasteiger partial charge in [0.25, 0.3) is 0 Å². The van der Waals surface area contributed by atoms with Crippen molar-refractivity contribution in [3.63, 3.8) is 0 Å². The molecule has 0 saturated carbocycles. The number of hydrogen-bond donors (Lipinski definition) is 2. The zero-order chi connectivity index (χ0) is 14.3. The van der Waals surface area contributed by atoms with Gasteiger partial charge >= 0.3 is 0 Å². The first kappa shape index (κ1) is 12.9. The van der Waals surface area contributed by atoms with Crippen LogP contribution in [0.2, 0.25) is 0 Å². The number of rotatable bonds is 3. The number of aromatic nitrogens is 2. The fourth-order valence-electron chi connectivity index (χ4n) is 2.78. The summed E-state index contributed by atoms with van der Waals surface area (Å²) in [6.07, 6.45) is 2.59. The van der Waals surface area contributed by atoms with Crippen molar-refractivity contribution in [3.05, 3.63) is 30.1 Å². The lowest BCUT2D eigenvalue weighted by Gasteiger charge is -2.21. The van der Waals surface area contributed by atoms with Gasteiger partial charge in [-0.15, -0.1) is 0 Å². The van der Waals surface area contributed by atoms with Crippen LogP contribution in [0.15, 0.2) is 24.4 Å². The molecule has 1 unspecified atom stereocenters. The molecule has 6 heteroatoms. The minimum atomic E-state index is -0.525. The van der Waals surface area contributed by atoms with Crippen LogP contribution in [0.3, 0.4) is 0 Å². The molecule has 1 fully saturated rings. The number of aliphatic hydroxyl groups excluding tert-OH is 1. The Balaban J connectivity index is 2.01. The number of nitrogens with zero attached hydrogens (tertiary/aromatic N) is 3. The van der Waals surface area contributed by atoms with Gasteiger partial charge in [-0.05, 0) is 25.5 Å². The molecular formula is C14H18N4O2. The SMILES string of the molecule is CC1(C(N)=O)CCN(c2nc3ccccn3c2CO)C1. The first-order chi connectivity index (χ1) is 9.55. The molecule has 3 heterocycles. The van der Waals surface area contributed by atoms with Crippen molar-refractivity contribution < 1.29 is 9.90 Å². The van der Waals surface area contributed by atoms with E-state index in [4.69, 9.17) is 5.73 Å². The second kappa shape index (κ2) is 4.49. The molecule has 0 aromatic carbocycles. The van der Waals surface area contributed by atoms with Crippen LogP contribution in [0.1, 0.15) is 19.0 Å². The largest absolute Gasteiger partial charge is 0.390 e. The highest BCUT2D eigenvalue weighted by Crippen LogP contribution is 2.34. The first-order valence-electron chi connectivity index (χ1n) is 6.67. The normalized spacial score (nSPS) is 22.6. The number of imidazole rings is 1. The number of hydrogen-bond acceptors (Lipinski definition) is 4. The lowest BCUT2D eigenvalue weighted by molar-refractivity contribution is -0.125. The number of primary amides is 1. The quantitative estimate of drug-likeness (QED) is 0.855. The molecular weight excluding hydrogens is 256 g/mol. The second-order valence-electron chi connectivity index (χ2n) is 5.57. The number of anilines is 1. The molecule has 3 rings (SSSR count). The zero-order valence-electron chi connectivity index (χ0n) is 11.4. The van der Waals surface area contributed by atoms with E-state index in [0.717, 1.165) is 23.7 Å². The molecule has 6 nitrogen and oxygen atoms in total. The molecule has 0 bridgehead atoms. The minimum absolute atomic E-state index is 0.0930. The van der Waals surface area contributed by atoms with Crippen molar-refractivity contribution >= 4 is 17.4 Å². The summed E-state index contributed by atoms with van der Waals surface area (Å²) >= 11 is 0. The highest BCUT2D eigenvalue weighted by molar-refractivity contribution is 5.82. The lowest BCUT2D eigenvalue weighted by Crippen LogP contribution is -2.37. The number of aliphatic hydroxyl groups is 1. The number of carbonyl (C=O) groups excluding carboxylic acids is 1. The molecule has 1 atom stereocenters. The summed E-state index contributed by atoms with van der Waals surface area (Å²) in [5.74, 6) is 0.456. The second-order valence-corrected chi connectivity index (χ2v) is 5.57. The van der Waals surface area contributed by atoms with Crippen LogP contribution in [-0.4, -0.2) is 33.5 Å². The van der Waals surface area contributed by atoms with E-state index in [1.54, 1.807) is 0 Å². The minimum Gasteiger partial charge on any atom is -0.390 e. The van der Waals surface area contributed by atoms with Gasteiger partial charge in [-0.25, -0.2) is 4.98 Å². The average Bonchev–Trinajstić information content (AvgIpc) is 3.00. The summed E-state index contributed by atoms with van der Waals surface area (Å²) in [6.45, 7) is 3.05. The third-order valence-corrected chi connectivity index (χ3v) is 4.13. The van der Waals surface area contributed by atoms with Crippen LogP contribution in [0.5, 0.6) is 0 Å². The van der Waals surface area contributed by atoms with Crippen molar-refractivity contribution in [2.75, 3.05) is 18.0 Å². The van der Waals surface area contributed by atoms with Crippen LogP contribution < -0.4 is 10.6 Å². The summed E-state index contributed by atoms with van der Waals surface area (Å²) in [4.78, 5) is 18.1. The van der Waals surface area contributed by atoms with Gasteiger partial charge in [0.2, 0.25) is 5.91 Å². The summed E-state index contributed by atoms with van der Waals surface area (Å²) < 4.78 is 1.87. The standard InChI is InChI=1S/C14H18N4O2/c1-14(13(15)20)5-7-17(9-14)12-10(8-19)18-6-3-2-4-11(18)16-12/h2-4,6,19H,5,7-9H2,1H3,(H2,15,20). The van der Waals surface area contributed by atoms with E-state index in [0.29, 0.717) is 13.0 Å². The molecule has 2 aromatic rings. The van der Waals surface area contributed by atoms with Crippen molar-refractivity contribution in [2.45, 2.75) is 20.0 Å². The highest BCUT2D eigenvalue weighted by atomic mass is 16.3. The van der Waals surface area contributed by atoms with Crippen molar-refractivity contribution in [1.82, 2.24) is 9.38 Å². The smallest absolute Gasteiger partial charge is 0.225 e. The fourth-order valence-corrected chi connectivity index (χ4v) is 2.78. The zero-order valence-corrected chi connectivity index (χ0v) is 11.4. The number of pyridine rings is 1. The van der Waals surface area contributed by atoms with Crippen molar-refractivity contribution in [3.8, 4) is 0 Å². The van der Waals surface area contributed by atoms with E-state index in [9.17, 15) is 9.90 Å². The van der Waals surface area contributed by atoms with Gasteiger partial charge in [-0.2, -0.15) is 0 Å². The Kier molecular flexibility index (Phi) is 2.90. The Hall–Kier alpha value is -2.08. The molecule has 106 valence electrons. The predicted molar refractivity (Wildman–Crippen MR) is 75.2 cm³/mol. The molecule has 0 spiro atoms. The van der Waals surface area contributed by atoms with Gasteiger partial charge in [-0.1, -0.05) is 6.07 Å². The van der Waals surface area contributed by atoms with Crippen LogP contribution in [0.25, 0.3) is 5.65 Å². The highest BCUT2D eigenvalue weighted by Gasteiger charge is 2.40.